The Morgan fingerprint density at radius 3 is 2.61 bits per heavy atom. The predicted molar refractivity (Wildman–Crippen MR) is 120 cm³/mol. The van der Waals surface area contributed by atoms with E-state index < -0.39 is 0 Å². The van der Waals surface area contributed by atoms with E-state index in [1.54, 1.807) is 6.07 Å². The third kappa shape index (κ3) is 5.45. The first-order valence-corrected chi connectivity index (χ1v) is 11.3. The Bertz CT molecular complexity index is 1130. The smallest absolute Gasteiger partial charge is 0.226 e. The number of benzene rings is 2. The fourth-order valence-electron chi connectivity index (χ4n) is 2.94. The van der Waals surface area contributed by atoms with E-state index in [-0.39, 0.29) is 6.61 Å². The third-order valence-electron chi connectivity index (χ3n) is 4.33. The molecule has 0 atom stereocenters. The first-order chi connectivity index (χ1) is 15.1. The first kappa shape index (κ1) is 21.4. The van der Waals surface area contributed by atoms with E-state index >= 15 is 0 Å². The van der Waals surface area contributed by atoms with E-state index in [4.69, 9.17) is 20.9 Å². The van der Waals surface area contributed by atoms with Crippen LogP contribution in [0.15, 0.2) is 64.3 Å². The molecule has 7 nitrogen and oxygen atoms in total. The summed E-state index contributed by atoms with van der Waals surface area (Å²) in [5, 5.41) is 14.1. The average molecular weight is 456 g/mol. The molecule has 2 heterocycles. The van der Waals surface area contributed by atoms with Crippen LogP contribution in [0.4, 0.5) is 0 Å². The van der Waals surface area contributed by atoms with Crippen LogP contribution in [0.3, 0.4) is 0 Å². The van der Waals surface area contributed by atoms with Crippen molar-refractivity contribution >= 4 is 23.4 Å². The second-order valence-electron chi connectivity index (χ2n) is 7.28. The molecule has 0 saturated heterocycles. The van der Waals surface area contributed by atoms with Gasteiger partial charge in [-0.3, -0.25) is 4.57 Å². The third-order valence-corrected chi connectivity index (χ3v) is 5.57. The summed E-state index contributed by atoms with van der Waals surface area (Å²) < 4.78 is 13.2. The van der Waals surface area contributed by atoms with Gasteiger partial charge in [-0.1, -0.05) is 72.7 Å². The molecule has 0 bridgehead atoms. The molecular formula is C22H22ClN5O2S. The monoisotopic (exact) mass is 455 g/mol. The largest absolute Gasteiger partial charge is 0.484 e. The lowest BCUT2D eigenvalue weighted by atomic mass is 10.1. The Morgan fingerprint density at radius 1 is 1.06 bits per heavy atom. The number of halogens is 1. The van der Waals surface area contributed by atoms with Crippen LogP contribution in [0.2, 0.25) is 5.02 Å². The molecule has 0 fully saturated rings. The average Bonchev–Trinajstić information content (AvgIpc) is 3.38. The summed E-state index contributed by atoms with van der Waals surface area (Å²) in [7, 11) is 0. The molecule has 0 amide bonds. The SMILES string of the molecule is CC(C)Cc1nc(CSc2nnc(COc3ccccc3Cl)n2-c2ccccc2)no1. The number of hydrogen-bond acceptors (Lipinski definition) is 7. The zero-order valence-electron chi connectivity index (χ0n) is 17.2. The molecule has 2 aromatic heterocycles. The van der Waals surface area contributed by atoms with E-state index in [1.165, 1.54) is 11.8 Å². The molecule has 0 N–H and O–H groups in total. The Morgan fingerprint density at radius 2 is 1.84 bits per heavy atom. The summed E-state index contributed by atoms with van der Waals surface area (Å²) in [4.78, 5) is 4.46. The summed E-state index contributed by atoms with van der Waals surface area (Å²) in [6.07, 6.45) is 0.765. The fourth-order valence-corrected chi connectivity index (χ4v) is 3.94. The molecule has 0 aliphatic heterocycles. The van der Waals surface area contributed by atoms with Gasteiger partial charge in [0.2, 0.25) is 5.89 Å². The van der Waals surface area contributed by atoms with Gasteiger partial charge in [0.1, 0.15) is 12.4 Å². The number of nitrogens with zero attached hydrogens (tertiary/aromatic N) is 5. The molecule has 4 rings (SSSR count). The molecule has 9 heteroatoms. The molecule has 31 heavy (non-hydrogen) atoms. The van der Waals surface area contributed by atoms with Crippen LogP contribution >= 0.6 is 23.4 Å². The van der Waals surface area contributed by atoms with Gasteiger partial charge in [-0.05, 0) is 30.2 Å². The Kier molecular flexibility index (Phi) is 6.89. The maximum absolute atomic E-state index is 6.21. The number of thioether (sulfide) groups is 1. The van der Waals surface area contributed by atoms with Gasteiger partial charge in [0.25, 0.3) is 0 Å². The number of para-hydroxylation sites is 2. The summed E-state index contributed by atoms with van der Waals surface area (Å²) >= 11 is 7.70. The van der Waals surface area contributed by atoms with Crippen molar-refractivity contribution in [3.05, 3.63) is 77.2 Å². The molecule has 0 aliphatic carbocycles. The van der Waals surface area contributed by atoms with E-state index in [0.717, 1.165) is 17.3 Å². The minimum atomic E-state index is 0.229. The second kappa shape index (κ2) is 9.98. The van der Waals surface area contributed by atoms with Gasteiger partial charge in [0, 0.05) is 12.1 Å². The van der Waals surface area contributed by atoms with Crippen molar-refractivity contribution < 1.29 is 9.26 Å². The van der Waals surface area contributed by atoms with Crippen molar-refractivity contribution in [3.8, 4) is 11.4 Å². The Labute approximate surface area is 189 Å². The van der Waals surface area contributed by atoms with Crippen molar-refractivity contribution in [2.75, 3.05) is 0 Å². The standard InChI is InChI=1S/C22H22ClN5O2S/c1-15(2)12-21-24-19(27-30-21)14-31-22-26-25-20(28(22)16-8-4-3-5-9-16)13-29-18-11-7-6-10-17(18)23/h3-11,15H,12-14H2,1-2H3. The Balaban J connectivity index is 1.53. The molecule has 2 aromatic carbocycles. The van der Waals surface area contributed by atoms with Crippen LogP contribution in [0.5, 0.6) is 5.75 Å². The molecule has 0 saturated carbocycles. The van der Waals surface area contributed by atoms with Gasteiger partial charge in [0.15, 0.2) is 16.8 Å². The van der Waals surface area contributed by atoms with E-state index in [9.17, 15) is 0 Å². The van der Waals surface area contributed by atoms with Gasteiger partial charge in [0.05, 0.1) is 10.8 Å². The van der Waals surface area contributed by atoms with Crippen LogP contribution in [-0.2, 0) is 18.8 Å². The zero-order valence-corrected chi connectivity index (χ0v) is 18.8. The Hall–Kier alpha value is -2.84. The van der Waals surface area contributed by atoms with Crippen LogP contribution < -0.4 is 4.74 Å². The summed E-state index contributed by atoms with van der Waals surface area (Å²) in [6.45, 7) is 4.47. The van der Waals surface area contributed by atoms with E-state index in [1.807, 2.05) is 53.1 Å². The highest BCUT2D eigenvalue weighted by molar-refractivity contribution is 7.98. The van der Waals surface area contributed by atoms with Crippen LogP contribution in [0.25, 0.3) is 5.69 Å². The van der Waals surface area contributed by atoms with Crippen molar-refractivity contribution in [1.82, 2.24) is 24.9 Å². The fraction of sp³-hybridized carbons (Fsp3) is 0.273. The number of aromatic nitrogens is 5. The minimum absolute atomic E-state index is 0.229. The summed E-state index contributed by atoms with van der Waals surface area (Å²) in [6, 6.07) is 17.3. The maximum Gasteiger partial charge on any atom is 0.226 e. The lowest BCUT2D eigenvalue weighted by molar-refractivity contribution is 0.293. The van der Waals surface area contributed by atoms with Crippen LogP contribution in [0, 0.1) is 5.92 Å². The molecular weight excluding hydrogens is 434 g/mol. The van der Waals surface area contributed by atoms with Crippen molar-refractivity contribution in [2.24, 2.45) is 5.92 Å². The van der Waals surface area contributed by atoms with Gasteiger partial charge in [-0.2, -0.15) is 4.98 Å². The van der Waals surface area contributed by atoms with Crippen molar-refractivity contribution in [3.63, 3.8) is 0 Å². The number of rotatable bonds is 9. The maximum atomic E-state index is 6.21. The van der Waals surface area contributed by atoms with Crippen LogP contribution in [-0.4, -0.2) is 24.9 Å². The van der Waals surface area contributed by atoms with Crippen molar-refractivity contribution in [2.45, 2.75) is 37.8 Å². The lowest BCUT2D eigenvalue weighted by Gasteiger charge is -2.11. The molecule has 160 valence electrons. The molecule has 0 unspecified atom stereocenters. The number of ether oxygens (including phenoxy) is 1. The highest BCUT2D eigenvalue weighted by Crippen LogP contribution is 2.27. The molecule has 4 aromatic rings. The topological polar surface area (TPSA) is 78.9 Å². The molecule has 0 spiro atoms. The van der Waals surface area contributed by atoms with Gasteiger partial charge < -0.3 is 9.26 Å². The lowest BCUT2D eigenvalue weighted by Crippen LogP contribution is -2.07. The number of hydrogen-bond donors (Lipinski definition) is 0. The minimum Gasteiger partial charge on any atom is -0.484 e. The van der Waals surface area contributed by atoms with E-state index in [0.29, 0.717) is 40.0 Å². The molecule has 0 aliphatic rings. The van der Waals surface area contributed by atoms with Gasteiger partial charge in [-0.25, -0.2) is 0 Å². The van der Waals surface area contributed by atoms with Gasteiger partial charge in [-0.15, -0.1) is 10.2 Å². The highest BCUT2D eigenvalue weighted by Gasteiger charge is 2.17. The molecule has 0 radical (unpaired) electrons. The summed E-state index contributed by atoms with van der Waals surface area (Å²) in [5.41, 5.74) is 0.946. The van der Waals surface area contributed by atoms with Gasteiger partial charge >= 0.3 is 0 Å². The zero-order chi connectivity index (χ0) is 21.6. The first-order valence-electron chi connectivity index (χ1n) is 9.91. The van der Waals surface area contributed by atoms with E-state index in [2.05, 4.69) is 34.2 Å². The highest BCUT2D eigenvalue weighted by atomic mass is 35.5. The quantitative estimate of drug-likeness (QED) is 0.314. The summed E-state index contributed by atoms with van der Waals surface area (Å²) in [5.74, 6) is 3.55. The second-order valence-corrected chi connectivity index (χ2v) is 8.63. The van der Waals surface area contributed by atoms with Crippen LogP contribution in [0.1, 0.15) is 31.4 Å². The normalized spacial score (nSPS) is 11.2. The predicted octanol–water partition coefficient (Wildman–Crippen LogP) is 5.37. The van der Waals surface area contributed by atoms with Crippen molar-refractivity contribution in [1.29, 1.82) is 0 Å².